The summed E-state index contributed by atoms with van der Waals surface area (Å²) in [6, 6.07) is 5.37. The van der Waals surface area contributed by atoms with Crippen molar-refractivity contribution in [1.82, 2.24) is 4.98 Å². The minimum absolute atomic E-state index is 0.0699. The molecule has 0 atom stereocenters. The number of hydrogen-bond acceptors (Lipinski definition) is 4. The molecule has 2 aromatic rings. The summed E-state index contributed by atoms with van der Waals surface area (Å²) in [5.74, 6) is 1.31. The fourth-order valence-corrected chi connectivity index (χ4v) is 1.75. The highest BCUT2D eigenvalue weighted by molar-refractivity contribution is 5.67. The van der Waals surface area contributed by atoms with Gasteiger partial charge in [0.15, 0.2) is 11.7 Å². The average Bonchev–Trinajstić information content (AvgIpc) is 2.57. The van der Waals surface area contributed by atoms with E-state index in [4.69, 9.17) is 10.2 Å². The number of aromatic nitrogens is 1. The Labute approximate surface area is 93.7 Å². The highest BCUT2D eigenvalue weighted by Crippen LogP contribution is 2.29. The van der Waals surface area contributed by atoms with Crippen LogP contribution in [-0.2, 0) is 6.61 Å². The molecule has 0 aliphatic carbocycles. The summed E-state index contributed by atoms with van der Waals surface area (Å²) < 4.78 is 5.52. The number of nitrogens with zero attached hydrogens (tertiary/aromatic N) is 1. The monoisotopic (exact) mass is 218 g/mol. The first-order valence-electron chi connectivity index (χ1n) is 5.05. The van der Waals surface area contributed by atoms with Gasteiger partial charge in [-0.25, -0.2) is 4.98 Å². The quantitative estimate of drug-likeness (QED) is 0.756. The van der Waals surface area contributed by atoms with Crippen molar-refractivity contribution in [2.45, 2.75) is 20.5 Å². The molecule has 0 saturated carbocycles. The molecule has 0 radical (unpaired) electrons. The molecule has 0 amide bonds. The molecular formula is C12H14N2O2. The SMILES string of the molecule is Cc1nc(C)c(-c2ccc(N)cc2CO)o1. The van der Waals surface area contributed by atoms with Crippen molar-refractivity contribution in [3.63, 3.8) is 0 Å². The highest BCUT2D eigenvalue weighted by Gasteiger charge is 2.13. The number of nitrogens with two attached hydrogens (primary N) is 1. The third kappa shape index (κ3) is 1.79. The lowest BCUT2D eigenvalue weighted by molar-refractivity contribution is 0.282. The van der Waals surface area contributed by atoms with Crippen LogP contribution in [0.1, 0.15) is 17.1 Å². The average molecular weight is 218 g/mol. The largest absolute Gasteiger partial charge is 0.441 e. The number of aliphatic hydroxyl groups excluding tert-OH is 1. The number of benzene rings is 1. The van der Waals surface area contributed by atoms with Gasteiger partial charge in [0.1, 0.15) is 0 Å². The summed E-state index contributed by atoms with van der Waals surface area (Å²) in [5.41, 5.74) is 8.70. The zero-order valence-electron chi connectivity index (χ0n) is 9.32. The number of anilines is 1. The fourth-order valence-electron chi connectivity index (χ4n) is 1.75. The van der Waals surface area contributed by atoms with E-state index in [1.54, 1.807) is 19.1 Å². The van der Waals surface area contributed by atoms with Crippen molar-refractivity contribution in [2.75, 3.05) is 5.73 Å². The van der Waals surface area contributed by atoms with E-state index in [0.29, 0.717) is 17.3 Å². The van der Waals surface area contributed by atoms with Crippen molar-refractivity contribution < 1.29 is 9.52 Å². The summed E-state index contributed by atoms with van der Waals surface area (Å²) >= 11 is 0. The summed E-state index contributed by atoms with van der Waals surface area (Å²) in [4.78, 5) is 4.21. The molecule has 4 heteroatoms. The summed E-state index contributed by atoms with van der Waals surface area (Å²) in [5, 5.41) is 9.28. The first-order chi connectivity index (χ1) is 7.61. The Morgan fingerprint density at radius 3 is 2.69 bits per heavy atom. The minimum Gasteiger partial charge on any atom is -0.441 e. The van der Waals surface area contributed by atoms with Gasteiger partial charge in [-0.2, -0.15) is 0 Å². The van der Waals surface area contributed by atoms with Crippen LogP contribution in [-0.4, -0.2) is 10.1 Å². The molecule has 1 aromatic carbocycles. The normalized spacial score (nSPS) is 10.7. The molecule has 1 heterocycles. The third-order valence-electron chi connectivity index (χ3n) is 2.45. The zero-order chi connectivity index (χ0) is 11.7. The van der Waals surface area contributed by atoms with Gasteiger partial charge in [0.05, 0.1) is 12.3 Å². The molecule has 2 rings (SSSR count). The Bertz CT molecular complexity index is 518. The molecule has 0 bridgehead atoms. The molecule has 0 aliphatic rings. The maximum atomic E-state index is 9.28. The maximum absolute atomic E-state index is 9.28. The molecule has 0 saturated heterocycles. The lowest BCUT2D eigenvalue weighted by Crippen LogP contribution is -1.93. The molecule has 4 nitrogen and oxygen atoms in total. The van der Waals surface area contributed by atoms with Crippen molar-refractivity contribution >= 4 is 5.69 Å². The van der Waals surface area contributed by atoms with E-state index in [9.17, 15) is 5.11 Å². The van der Waals surface area contributed by atoms with Crippen LogP contribution < -0.4 is 5.73 Å². The van der Waals surface area contributed by atoms with Crippen LogP contribution in [0.3, 0.4) is 0 Å². The second-order valence-electron chi connectivity index (χ2n) is 3.72. The van der Waals surface area contributed by atoms with Crippen LogP contribution >= 0.6 is 0 Å². The van der Waals surface area contributed by atoms with Gasteiger partial charge >= 0.3 is 0 Å². The Morgan fingerprint density at radius 2 is 2.12 bits per heavy atom. The van der Waals surface area contributed by atoms with Gasteiger partial charge in [-0.1, -0.05) is 0 Å². The van der Waals surface area contributed by atoms with Gasteiger partial charge in [0.25, 0.3) is 0 Å². The predicted octanol–water partition coefficient (Wildman–Crippen LogP) is 2.03. The molecule has 3 N–H and O–H groups in total. The topological polar surface area (TPSA) is 72.3 Å². The second-order valence-corrected chi connectivity index (χ2v) is 3.72. The number of hydrogen-bond donors (Lipinski definition) is 2. The number of rotatable bonds is 2. The molecule has 0 spiro atoms. The van der Waals surface area contributed by atoms with Gasteiger partial charge in [-0.3, -0.25) is 0 Å². The summed E-state index contributed by atoms with van der Waals surface area (Å²) in [6.07, 6.45) is 0. The molecule has 1 aromatic heterocycles. The van der Waals surface area contributed by atoms with Gasteiger partial charge in [0, 0.05) is 18.2 Å². The summed E-state index contributed by atoms with van der Waals surface area (Å²) in [7, 11) is 0. The third-order valence-corrected chi connectivity index (χ3v) is 2.45. The van der Waals surface area contributed by atoms with E-state index in [-0.39, 0.29) is 6.61 Å². The van der Waals surface area contributed by atoms with Gasteiger partial charge < -0.3 is 15.3 Å². The van der Waals surface area contributed by atoms with E-state index >= 15 is 0 Å². The van der Waals surface area contributed by atoms with E-state index < -0.39 is 0 Å². The number of aryl methyl sites for hydroxylation is 2. The van der Waals surface area contributed by atoms with E-state index in [1.165, 1.54) is 0 Å². The van der Waals surface area contributed by atoms with Crippen LogP contribution in [0, 0.1) is 13.8 Å². The molecular weight excluding hydrogens is 204 g/mol. The Morgan fingerprint density at radius 1 is 1.38 bits per heavy atom. The van der Waals surface area contributed by atoms with Crippen LogP contribution in [0.5, 0.6) is 0 Å². The zero-order valence-corrected chi connectivity index (χ0v) is 9.32. The Kier molecular flexibility index (Phi) is 2.66. The molecule has 84 valence electrons. The van der Waals surface area contributed by atoms with Crippen molar-refractivity contribution in [1.29, 1.82) is 0 Å². The lowest BCUT2D eigenvalue weighted by Gasteiger charge is -2.06. The standard InChI is InChI=1S/C12H14N2O2/c1-7-12(16-8(2)14-7)11-4-3-10(13)5-9(11)6-15/h3-5,15H,6,13H2,1-2H3. The number of nitrogen functional groups attached to an aromatic ring is 1. The predicted molar refractivity (Wildman–Crippen MR) is 61.7 cm³/mol. The van der Waals surface area contributed by atoms with Gasteiger partial charge in [-0.05, 0) is 30.7 Å². The van der Waals surface area contributed by atoms with E-state index in [2.05, 4.69) is 4.98 Å². The van der Waals surface area contributed by atoms with Crippen LogP contribution in [0.15, 0.2) is 22.6 Å². The molecule has 0 aliphatic heterocycles. The Balaban J connectivity index is 2.59. The van der Waals surface area contributed by atoms with Gasteiger partial charge in [-0.15, -0.1) is 0 Å². The number of aliphatic hydroxyl groups is 1. The van der Waals surface area contributed by atoms with E-state index in [0.717, 1.165) is 16.8 Å². The number of oxazole rings is 1. The van der Waals surface area contributed by atoms with Crippen molar-refractivity contribution in [3.8, 4) is 11.3 Å². The van der Waals surface area contributed by atoms with Crippen molar-refractivity contribution in [3.05, 3.63) is 35.3 Å². The first kappa shape index (κ1) is 10.7. The maximum Gasteiger partial charge on any atom is 0.192 e. The highest BCUT2D eigenvalue weighted by atomic mass is 16.4. The fraction of sp³-hybridized carbons (Fsp3) is 0.250. The second kappa shape index (κ2) is 3.98. The van der Waals surface area contributed by atoms with Gasteiger partial charge in [0.2, 0.25) is 0 Å². The minimum atomic E-state index is -0.0699. The summed E-state index contributed by atoms with van der Waals surface area (Å²) in [6.45, 7) is 3.61. The van der Waals surface area contributed by atoms with E-state index in [1.807, 2.05) is 13.0 Å². The lowest BCUT2D eigenvalue weighted by atomic mass is 10.0. The van der Waals surface area contributed by atoms with Crippen molar-refractivity contribution in [2.24, 2.45) is 0 Å². The van der Waals surface area contributed by atoms with Crippen LogP contribution in [0.25, 0.3) is 11.3 Å². The molecule has 0 unspecified atom stereocenters. The molecule has 0 fully saturated rings. The molecule has 16 heavy (non-hydrogen) atoms. The first-order valence-corrected chi connectivity index (χ1v) is 5.05. The smallest absolute Gasteiger partial charge is 0.192 e. The Hall–Kier alpha value is -1.81. The van der Waals surface area contributed by atoms with Crippen LogP contribution in [0.4, 0.5) is 5.69 Å². The van der Waals surface area contributed by atoms with Crippen LogP contribution in [0.2, 0.25) is 0 Å².